The molecule has 2 heterocycles. The summed E-state index contributed by atoms with van der Waals surface area (Å²) in [6.45, 7) is 1.68. The Bertz CT molecular complexity index is 1270. The molecule has 0 bridgehead atoms. The topological polar surface area (TPSA) is 120 Å². The van der Waals surface area contributed by atoms with Gasteiger partial charge in [0.2, 0.25) is 0 Å². The number of nitrogens with zero attached hydrogens (tertiary/aromatic N) is 2. The number of hydrogen-bond acceptors (Lipinski definition) is 5. The Morgan fingerprint density at radius 1 is 0.969 bits per heavy atom. The van der Waals surface area contributed by atoms with Crippen LogP contribution in [0.2, 0.25) is 0 Å². The lowest BCUT2D eigenvalue weighted by molar-refractivity contribution is -0.114. The first-order valence-electron chi connectivity index (χ1n) is 9.22. The second-order valence-corrected chi connectivity index (χ2v) is 6.80. The number of furan rings is 1. The summed E-state index contributed by atoms with van der Waals surface area (Å²) in [6, 6.07) is 15.6. The highest BCUT2D eigenvalue weighted by molar-refractivity contribution is 6.32. The molecule has 1 amide bonds. The van der Waals surface area contributed by atoms with Gasteiger partial charge in [0.1, 0.15) is 11.5 Å². The Kier molecular flexibility index (Phi) is 6.06. The second kappa shape index (κ2) is 8.73. The van der Waals surface area contributed by atoms with Gasteiger partial charge in [-0.2, -0.15) is 10.1 Å². The molecule has 4 rings (SSSR count). The predicted octanol–water partition coefficient (Wildman–Crippen LogP) is 4.79. The average Bonchev–Trinajstić information content (AvgIpc) is 3.34. The molecule has 0 aliphatic carbocycles. The molecule has 0 unspecified atom stereocenters. The zero-order valence-corrected chi connectivity index (χ0v) is 16.3. The van der Waals surface area contributed by atoms with Gasteiger partial charge in [-0.1, -0.05) is 25.6 Å². The summed E-state index contributed by atoms with van der Waals surface area (Å²) in [5, 5.41) is 23.6. The molecule has 0 saturated heterocycles. The van der Waals surface area contributed by atoms with Gasteiger partial charge in [0.25, 0.3) is 5.91 Å². The van der Waals surface area contributed by atoms with Gasteiger partial charge in [0, 0.05) is 5.56 Å². The number of rotatable bonds is 5. The number of carbonyl (C=O) groups is 3. The van der Waals surface area contributed by atoms with Gasteiger partial charge in [-0.3, -0.25) is 4.79 Å². The van der Waals surface area contributed by atoms with Crippen LogP contribution in [0.3, 0.4) is 0 Å². The number of carbonyl (C=O) groups excluding carboxylic acids is 1. The minimum absolute atomic E-state index is 0. The molecule has 2 N–H and O–H groups in total. The highest BCUT2D eigenvalue weighted by atomic mass is 16.4. The maximum Gasteiger partial charge on any atom is 0.335 e. The quantitative estimate of drug-likeness (QED) is 0.560. The predicted molar refractivity (Wildman–Crippen MR) is 120 cm³/mol. The van der Waals surface area contributed by atoms with Crippen molar-refractivity contribution in [3.63, 3.8) is 0 Å². The molecule has 1 aliphatic heterocycles. The summed E-state index contributed by atoms with van der Waals surface area (Å²) in [4.78, 5) is 35.1. The molecule has 0 atom stereocenters. The monoisotopic (exact) mass is 432 g/mol. The second-order valence-electron chi connectivity index (χ2n) is 6.80. The molecule has 162 valence electrons. The highest BCUT2D eigenvalue weighted by Gasteiger charge is 2.29. The largest absolute Gasteiger partial charge is 0.478 e. The molecule has 0 radical (unpaired) electrons. The van der Waals surface area contributed by atoms with Gasteiger partial charge in [0.05, 0.1) is 28.1 Å². The van der Waals surface area contributed by atoms with E-state index < -0.39 is 17.8 Å². The van der Waals surface area contributed by atoms with Crippen LogP contribution in [0.15, 0.2) is 75.8 Å². The number of benzene rings is 2. The third-order valence-corrected chi connectivity index (χ3v) is 4.73. The summed E-state index contributed by atoms with van der Waals surface area (Å²) in [5.41, 5.74) is 2.07. The van der Waals surface area contributed by atoms with Crippen LogP contribution in [0.5, 0.6) is 0 Å². The van der Waals surface area contributed by atoms with Gasteiger partial charge in [-0.15, -0.1) is 0 Å². The summed E-state index contributed by atoms with van der Waals surface area (Å²) in [7, 11) is 0. The van der Waals surface area contributed by atoms with E-state index in [0.29, 0.717) is 34.1 Å². The molecule has 0 saturated carbocycles. The van der Waals surface area contributed by atoms with Gasteiger partial charge in [0.15, 0.2) is 0 Å². The number of carboxylic acid groups (broad SMARTS) is 2. The van der Waals surface area contributed by atoms with E-state index in [2.05, 4.69) is 5.10 Å². The Morgan fingerprint density at radius 3 is 2.31 bits per heavy atom. The minimum Gasteiger partial charge on any atom is -0.478 e. The molecule has 2 aromatic carbocycles. The Hall–Kier alpha value is -4.46. The van der Waals surface area contributed by atoms with E-state index in [1.807, 2.05) is 0 Å². The first kappa shape index (κ1) is 22.2. The Balaban J connectivity index is 0.00000289. The summed E-state index contributed by atoms with van der Waals surface area (Å²) >= 11 is 0. The lowest BCUT2D eigenvalue weighted by Crippen LogP contribution is -2.21. The van der Waals surface area contributed by atoms with Crippen molar-refractivity contribution in [2.45, 2.75) is 14.4 Å². The zero-order valence-electron chi connectivity index (χ0n) is 16.3. The maximum absolute atomic E-state index is 12.9. The van der Waals surface area contributed by atoms with Crippen LogP contribution in [-0.2, 0) is 4.79 Å². The molecule has 0 spiro atoms. The first-order chi connectivity index (χ1) is 14.8. The Morgan fingerprint density at radius 2 is 1.66 bits per heavy atom. The summed E-state index contributed by atoms with van der Waals surface area (Å²) in [5.74, 6) is -1.55. The maximum atomic E-state index is 12.9. The van der Waals surface area contributed by atoms with Gasteiger partial charge in [-0.05, 0) is 55.5 Å². The van der Waals surface area contributed by atoms with E-state index in [1.165, 1.54) is 24.3 Å². The molecule has 8 heteroatoms. The van der Waals surface area contributed by atoms with Crippen molar-refractivity contribution in [3.05, 3.63) is 83.1 Å². The fraction of sp³-hybridized carbons (Fsp3) is 0.0833. The number of carboxylic acids is 2. The van der Waals surface area contributed by atoms with Gasteiger partial charge in [-0.25, -0.2) is 9.59 Å². The van der Waals surface area contributed by atoms with Crippen LogP contribution >= 0.6 is 0 Å². The highest BCUT2D eigenvalue weighted by Crippen LogP contribution is 2.28. The average molecular weight is 432 g/mol. The fourth-order valence-corrected chi connectivity index (χ4v) is 3.13. The Labute approximate surface area is 183 Å². The van der Waals surface area contributed by atoms with Crippen molar-refractivity contribution in [3.8, 4) is 11.3 Å². The van der Waals surface area contributed by atoms with Crippen molar-refractivity contribution in [1.82, 2.24) is 0 Å². The lowest BCUT2D eigenvalue weighted by Gasteiger charge is -2.12. The van der Waals surface area contributed by atoms with E-state index in [0.717, 1.165) is 5.01 Å². The molecule has 8 nitrogen and oxygen atoms in total. The van der Waals surface area contributed by atoms with Crippen LogP contribution in [0.1, 0.15) is 40.8 Å². The SMILES string of the molecule is C.CC1=NN(c2cccc(C(=O)O)c2)C(=O)/C1=C\c1ccc(-c2ccc(C(=O)O)cc2)o1. The molecule has 1 aromatic heterocycles. The van der Waals surface area contributed by atoms with Crippen LogP contribution < -0.4 is 5.01 Å². The van der Waals surface area contributed by atoms with Crippen molar-refractivity contribution < 1.29 is 29.0 Å². The van der Waals surface area contributed by atoms with E-state index in [9.17, 15) is 14.4 Å². The molecule has 32 heavy (non-hydrogen) atoms. The molecule has 1 aliphatic rings. The van der Waals surface area contributed by atoms with Crippen molar-refractivity contribution in [2.24, 2.45) is 5.10 Å². The molecule has 0 fully saturated rings. The van der Waals surface area contributed by atoms with E-state index in [4.69, 9.17) is 14.6 Å². The molecule has 3 aromatic rings. The fourth-order valence-electron chi connectivity index (χ4n) is 3.13. The van der Waals surface area contributed by atoms with E-state index in [-0.39, 0.29) is 18.6 Å². The molecular weight excluding hydrogens is 412 g/mol. The third-order valence-electron chi connectivity index (χ3n) is 4.73. The lowest BCUT2D eigenvalue weighted by atomic mass is 10.1. The van der Waals surface area contributed by atoms with Gasteiger partial charge >= 0.3 is 11.9 Å². The molecular formula is C24H20N2O6. The van der Waals surface area contributed by atoms with Crippen LogP contribution in [0.25, 0.3) is 17.4 Å². The van der Waals surface area contributed by atoms with E-state index >= 15 is 0 Å². The standard InChI is InChI=1S/C23H16N2O6.CH4/c1-13-19(21(26)25(24-13)17-4-2-3-16(11-17)23(29)30)12-18-9-10-20(31-18)14-5-7-15(8-6-14)22(27)28;/h2-12H,1H3,(H,27,28)(H,29,30);1H4/b19-12-;. The number of hydrazone groups is 1. The number of anilines is 1. The van der Waals surface area contributed by atoms with Crippen molar-refractivity contribution >= 4 is 35.3 Å². The number of amides is 1. The summed E-state index contributed by atoms with van der Waals surface area (Å²) < 4.78 is 5.79. The van der Waals surface area contributed by atoms with Crippen molar-refractivity contribution in [1.29, 1.82) is 0 Å². The van der Waals surface area contributed by atoms with Crippen LogP contribution in [0.4, 0.5) is 5.69 Å². The van der Waals surface area contributed by atoms with Crippen molar-refractivity contribution in [2.75, 3.05) is 5.01 Å². The van der Waals surface area contributed by atoms with E-state index in [1.54, 1.807) is 49.4 Å². The van der Waals surface area contributed by atoms with Crippen LogP contribution in [-0.4, -0.2) is 33.8 Å². The number of aromatic carboxylic acids is 2. The zero-order chi connectivity index (χ0) is 22.1. The van der Waals surface area contributed by atoms with Crippen LogP contribution in [0, 0.1) is 0 Å². The normalized spacial score (nSPS) is 14.3. The first-order valence-corrected chi connectivity index (χ1v) is 9.22. The third kappa shape index (κ3) is 4.20. The van der Waals surface area contributed by atoms with Gasteiger partial charge < -0.3 is 14.6 Å². The minimum atomic E-state index is -1.09. The summed E-state index contributed by atoms with van der Waals surface area (Å²) in [6.07, 6.45) is 1.57. The number of hydrogen-bond donors (Lipinski definition) is 2. The smallest absolute Gasteiger partial charge is 0.335 e.